The maximum absolute atomic E-state index is 6.99. The monoisotopic (exact) mass is 496 g/mol. The fraction of sp³-hybridized carbons (Fsp3) is 0.278. The number of benzene rings is 5. The van der Waals surface area contributed by atoms with Crippen LogP contribution in [-0.4, -0.2) is 0 Å². The van der Waals surface area contributed by atoms with Crippen LogP contribution < -0.4 is 0 Å². The van der Waals surface area contributed by atoms with Crippen LogP contribution in [-0.2, 0) is 5.41 Å². The van der Waals surface area contributed by atoms with Gasteiger partial charge in [0.05, 0.1) is 0 Å². The summed E-state index contributed by atoms with van der Waals surface area (Å²) in [5, 5.41) is 6.25. The van der Waals surface area contributed by atoms with Gasteiger partial charge in [-0.3, -0.25) is 0 Å². The minimum atomic E-state index is 0.131. The van der Waals surface area contributed by atoms with Crippen LogP contribution in [0.4, 0.5) is 0 Å². The average molecular weight is 497 g/mol. The molecule has 37 heavy (non-hydrogen) atoms. The van der Waals surface area contributed by atoms with Crippen LogP contribution in [0.3, 0.4) is 0 Å². The Morgan fingerprint density at radius 3 is 2.05 bits per heavy atom. The predicted octanol–water partition coefficient (Wildman–Crippen LogP) is 10.0. The molecule has 0 atom stereocenters. The summed E-state index contributed by atoms with van der Waals surface area (Å²) in [7, 11) is 0. The SMILES string of the molecule is Clc1cccc2c1-c1ccc(-c3cc4ccccc4c4ccccc34)cc1C21C2CC3CC(C2)CC1C3. The topological polar surface area (TPSA) is 0 Å². The molecule has 0 aliphatic heterocycles. The van der Waals surface area contributed by atoms with Crippen LogP contribution in [0.25, 0.3) is 43.8 Å². The zero-order chi connectivity index (χ0) is 24.3. The Hall–Kier alpha value is -3.09. The Bertz CT molecular complexity index is 1730. The van der Waals surface area contributed by atoms with E-state index in [1.54, 1.807) is 5.56 Å². The Morgan fingerprint density at radius 2 is 1.27 bits per heavy atom. The molecular formula is C36H29Cl. The molecule has 1 heteroatoms. The Balaban J connectivity index is 1.34. The van der Waals surface area contributed by atoms with Crippen molar-refractivity contribution in [3.63, 3.8) is 0 Å². The van der Waals surface area contributed by atoms with E-state index in [9.17, 15) is 0 Å². The minimum Gasteiger partial charge on any atom is -0.0837 e. The van der Waals surface area contributed by atoms with Crippen LogP contribution in [0.15, 0.2) is 91.0 Å². The lowest BCUT2D eigenvalue weighted by atomic mass is 9.43. The first-order chi connectivity index (χ1) is 18.2. The summed E-state index contributed by atoms with van der Waals surface area (Å²) in [6.45, 7) is 0. The van der Waals surface area contributed by atoms with Crippen molar-refractivity contribution < 1.29 is 0 Å². The molecule has 10 rings (SSSR count). The molecule has 0 unspecified atom stereocenters. The van der Waals surface area contributed by atoms with Gasteiger partial charge in [-0.2, -0.15) is 0 Å². The van der Waals surface area contributed by atoms with Gasteiger partial charge in [0.1, 0.15) is 0 Å². The van der Waals surface area contributed by atoms with Crippen LogP contribution in [0, 0.1) is 23.7 Å². The average Bonchev–Trinajstić information content (AvgIpc) is 3.22. The third kappa shape index (κ3) is 2.60. The lowest BCUT2D eigenvalue weighted by Gasteiger charge is -2.61. The van der Waals surface area contributed by atoms with Gasteiger partial charge >= 0.3 is 0 Å². The van der Waals surface area contributed by atoms with Crippen molar-refractivity contribution in [2.75, 3.05) is 0 Å². The highest BCUT2D eigenvalue weighted by molar-refractivity contribution is 6.34. The summed E-state index contributed by atoms with van der Waals surface area (Å²) < 4.78 is 0. The lowest BCUT2D eigenvalue weighted by molar-refractivity contribution is -0.0399. The molecule has 4 fully saturated rings. The maximum atomic E-state index is 6.99. The van der Waals surface area contributed by atoms with Gasteiger partial charge < -0.3 is 0 Å². The molecule has 1 spiro atoms. The summed E-state index contributed by atoms with van der Waals surface area (Å²) in [6, 6.07) is 34.3. The molecule has 0 heterocycles. The maximum Gasteiger partial charge on any atom is 0.0487 e. The smallest absolute Gasteiger partial charge is 0.0487 e. The van der Waals surface area contributed by atoms with Gasteiger partial charge in [0.2, 0.25) is 0 Å². The first-order valence-corrected chi connectivity index (χ1v) is 14.4. The molecule has 180 valence electrons. The number of fused-ring (bicyclic) bond motifs is 6. The van der Waals surface area contributed by atoms with Crippen LogP contribution in [0.2, 0.25) is 5.02 Å². The van der Waals surface area contributed by atoms with Crippen LogP contribution in [0.5, 0.6) is 0 Å². The molecule has 0 aromatic heterocycles. The third-order valence-corrected chi connectivity index (χ3v) is 11.0. The van der Waals surface area contributed by atoms with Gasteiger partial charge in [-0.15, -0.1) is 0 Å². The zero-order valence-electron chi connectivity index (χ0n) is 20.9. The van der Waals surface area contributed by atoms with Crippen molar-refractivity contribution in [2.24, 2.45) is 23.7 Å². The van der Waals surface area contributed by atoms with E-state index in [0.29, 0.717) is 0 Å². The normalized spacial score (nSPS) is 28.8. The first-order valence-electron chi connectivity index (χ1n) is 14.1. The molecule has 5 aliphatic carbocycles. The lowest BCUT2D eigenvalue weighted by Crippen LogP contribution is -2.55. The van der Waals surface area contributed by atoms with Crippen molar-refractivity contribution in [1.82, 2.24) is 0 Å². The molecular weight excluding hydrogens is 468 g/mol. The van der Waals surface area contributed by atoms with Gasteiger partial charge in [-0.05, 0) is 123 Å². The standard InChI is InChI=1S/C36H29Cl/c37-34-11-5-10-32-35(34)30-13-12-24(20-33(30)36(32)25-15-21-14-22(17-25)18-26(36)16-21)31-19-23-6-1-2-7-27(23)28-8-3-4-9-29(28)31/h1-13,19-22,25-26H,14-18H2. The molecule has 5 aliphatic rings. The summed E-state index contributed by atoms with van der Waals surface area (Å²) in [4.78, 5) is 0. The van der Waals surface area contributed by atoms with Crippen LogP contribution >= 0.6 is 11.6 Å². The van der Waals surface area contributed by atoms with Crippen molar-refractivity contribution >= 4 is 33.1 Å². The van der Waals surface area contributed by atoms with E-state index in [1.807, 2.05) is 0 Å². The molecule has 0 amide bonds. The zero-order valence-corrected chi connectivity index (χ0v) is 21.6. The van der Waals surface area contributed by atoms with Crippen molar-refractivity contribution in [3.05, 3.63) is 107 Å². The summed E-state index contributed by atoms with van der Waals surface area (Å²) >= 11 is 6.99. The predicted molar refractivity (Wildman–Crippen MR) is 155 cm³/mol. The van der Waals surface area contributed by atoms with Crippen molar-refractivity contribution in [3.8, 4) is 22.3 Å². The summed E-state index contributed by atoms with van der Waals surface area (Å²) in [5.74, 6) is 3.36. The highest BCUT2D eigenvalue weighted by atomic mass is 35.5. The Kier molecular flexibility index (Phi) is 4.11. The highest BCUT2D eigenvalue weighted by Gasteiger charge is 2.61. The van der Waals surface area contributed by atoms with Gasteiger partial charge in [0.25, 0.3) is 0 Å². The van der Waals surface area contributed by atoms with E-state index in [-0.39, 0.29) is 5.41 Å². The molecule has 0 saturated heterocycles. The second-order valence-corrected chi connectivity index (χ2v) is 12.7. The summed E-state index contributed by atoms with van der Waals surface area (Å²) in [5.41, 5.74) is 8.63. The number of hydrogen-bond donors (Lipinski definition) is 0. The Morgan fingerprint density at radius 1 is 0.568 bits per heavy atom. The second kappa shape index (κ2) is 7.27. The third-order valence-electron chi connectivity index (χ3n) is 10.7. The van der Waals surface area contributed by atoms with Gasteiger partial charge in [-0.1, -0.05) is 84.4 Å². The molecule has 4 saturated carbocycles. The number of halogens is 1. The van der Waals surface area contributed by atoms with E-state index >= 15 is 0 Å². The quantitative estimate of drug-likeness (QED) is 0.202. The van der Waals surface area contributed by atoms with Gasteiger partial charge in [-0.25, -0.2) is 0 Å². The van der Waals surface area contributed by atoms with E-state index in [2.05, 4.69) is 91.0 Å². The highest BCUT2D eigenvalue weighted by Crippen LogP contribution is 2.70. The molecule has 4 bridgehead atoms. The van der Waals surface area contributed by atoms with Crippen LogP contribution in [0.1, 0.15) is 43.2 Å². The number of rotatable bonds is 1. The molecule has 5 aromatic carbocycles. The fourth-order valence-electron chi connectivity index (χ4n) is 9.66. The van der Waals surface area contributed by atoms with Crippen molar-refractivity contribution in [1.29, 1.82) is 0 Å². The van der Waals surface area contributed by atoms with Crippen molar-refractivity contribution in [2.45, 2.75) is 37.5 Å². The van der Waals surface area contributed by atoms with E-state index in [4.69, 9.17) is 11.6 Å². The molecule has 0 N–H and O–H groups in total. The molecule has 5 aromatic rings. The van der Waals surface area contributed by atoms with E-state index in [0.717, 1.165) is 28.7 Å². The van der Waals surface area contributed by atoms with E-state index in [1.165, 1.54) is 81.5 Å². The summed E-state index contributed by atoms with van der Waals surface area (Å²) in [6.07, 6.45) is 7.04. The number of hydrogen-bond acceptors (Lipinski definition) is 0. The Labute approximate surface area is 223 Å². The van der Waals surface area contributed by atoms with Gasteiger partial charge in [0, 0.05) is 16.0 Å². The minimum absolute atomic E-state index is 0.131. The van der Waals surface area contributed by atoms with Gasteiger partial charge in [0.15, 0.2) is 0 Å². The first kappa shape index (κ1) is 20.9. The second-order valence-electron chi connectivity index (χ2n) is 12.3. The van der Waals surface area contributed by atoms with E-state index < -0.39 is 0 Å². The molecule has 0 nitrogen and oxygen atoms in total. The fourth-order valence-corrected chi connectivity index (χ4v) is 9.94. The largest absolute Gasteiger partial charge is 0.0837 e. The molecule has 0 radical (unpaired) electrons.